The average molecular weight is 441 g/mol. The first-order valence-corrected chi connectivity index (χ1v) is 11.1. The number of halogens is 3. The maximum atomic E-state index is 13.7. The number of anilines is 1. The van der Waals surface area contributed by atoms with Crippen molar-refractivity contribution in [3.63, 3.8) is 0 Å². The fraction of sp³-hybridized carbons (Fsp3) is 0.762. The van der Waals surface area contributed by atoms with Gasteiger partial charge in [0.1, 0.15) is 0 Å². The number of hydrogen-bond donors (Lipinski definition) is 2. The van der Waals surface area contributed by atoms with Gasteiger partial charge in [-0.05, 0) is 58.3 Å². The van der Waals surface area contributed by atoms with Crippen molar-refractivity contribution in [1.29, 1.82) is 0 Å². The smallest absolute Gasteiger partial charge is 0.350 e. The van der Waals surface area contributed by atoms with Gasteiger partial charge in [0.25, 0.3) is 0 Å². The predicted molar refractivity (Wildman–Crippen MR) is 110 cm³/mol. The second-order valence-corrected chi connectivity index (χ2v) is 9.18. The zero-order valence-electron chi connectivity index (χ0n) is 18.1. The number of amides is 1. The van der Waals surface area contributed by atoms with Crippen LogP contribution >= 0.6 is 0 Å². The Morgan fingerprint density at radius 1 is 1.32 bits per heavy atom. The number of nitrogens with one attached hydrogen (secondary N) is 2. The van der Waals surface area contributed by atoms with Crippen molar-refractivity contribution in [3.8, 4) is 0 Å². The van der Waals surface area contributed by atoms with Gasteiger partial charge in [-0.15, -0.1) is 0 Å². The first kappa shape index (κ1) is 22.3. The molecule has 4 rings (SSSR count). The molecular formula is C21H31F3N6O. The van der Waals surface area contributed by atoms with E-state index in [-0.39, 0.29) is 31.6 Å². The number of nitrogens with zero attached hydrogens (tertiary/aromatic N) is 4. The van der Waals surface area contributed by atoms with E-state index in [2.05, 4.69) is 20.6 Å². The molecule has 0 saturated carbocycles. The molecule has 0 unspecified atom stereocenters. The fourth-order valence-electron chi connectivity index (χ4n) is 4.97. The van der Waals surface area contributed by atoms with E-state index in [1.54, 1.807) is 23.0 Å². The van der Waals surface area contributed by atoms with Crippen LogP contribution in [0.2, 0.25) is 0 Å². The minimum Gasteiger partial charge on any atom is -0.350 e. The number of fused-ring (bicyclic) bond motifs is 1. The molecule has 7 nitrogen and oxygen atoms in total. The summed E-state index contributed by atoms with van der Waals surface area (Å²) in [7, 11) is 1.67. The van der Waals surface area contributed by atoms with Gasteiger partial charge < -0.3 is 20.4 Å². The largest absolute Gasteiger partial charge is 0.393 e. The summed E-state index contributed by atoms with van der Waals surface area (Å²) in [5.74, 6) is -2.55. The third-order valence-electron chi connectivity index (χ3n) is 6.79. The van der Waals surface area contributed by atoms with E-state index in [1.807, 2.05) is 6.92 Å². The van der Waals surface area contributed by atoms with Crippen LogP contribution in [0.25, 0.3) is 0 Å². The number of carbonyl (C=O) groups is 1. The zero-order chi connectivity index (χ0) is 22.2. The van der Waals surface area contributed by atoms with E-state index in [0.717, 1.165) is 37.2 Å². The van der Waals surface area contributed by atoms with Crippen LogP contribution in [0.4, 0.5) is 19.1 Å². The lowest BCUT2D eigenvalue weighted by molar-refractivity contribution is -0.205. The number of rotatable bonds is 3. The topological polar surface area (TPSA) is 73.4 Å². The van der Waals surface area contributed by atoms with E-state index < -0.39 is 23.9 Å². The Morgan fingerprint density at radius 2 is 2.13 bits per heavy atom. The minimum atomic E-state index is -4.39. The van der Waals surface area contributed by atoms with Gasteiger partial charge >= 0.3 is 6.18 Å². The third kappa shape index (κ3) is 4.95. The number of piperidine rings is 2. The lowest BCUT2D eigenvalue weighted by Gasteiger charge is -2.42. The molecule has 172 valence electrons. The Labute approximate surface area is 180 Å². The molecule has 0 radical (unpaired) electrons. The van der Waals surface area contributed by atoms with Gasteiger partial charge in [0, 0.05) is 31.4 Å². The fourth-order valence-corrected chi connectivity index (χ4v) is 4.97. The van der Waals surface area contributed by atoms with Crippen molar-refractivity contribution in [2.45, 2.75) is 57.4 Å². The van der Waals surface area contributed by atoms with Crippen LogP contribution in [0.5, 0.6) is 0 Å². The number of hydrogen-bond acceptors (Lipinski definition) is 6. The molecule has 0 aliphatic carbocycles. The summed E-state index contributed by atoms with van der Waals surface area (Å²) in [6, 6.07) is 0.0670. The van der Waals surface area contributed by atoms with E-state index in [4.69, 9.17) is 0 Å². The van der Waals surface area contributed by atoms with Crippen LogP contribution in [0.3, 0.4) is 0 Å². The second kappa shape index (κ2) is 8.90. The third-order valence-corrected chi connectivity index (χ3v) is 6.79. The van der Waals surface area contributed by atoms with Gasteiger partial charge in [0.2, 0.25) is 11.9 Å². The van der Waals surface area contributed by atoms with Crippen molar-refractivity contribution in [2.24, 2.45) is 11.8 Å². The first-order valence-electron chi connectivity index (χ1n) is 11.1. The van der Waals surface area contributed by atoms with Crippen molar-refractivity contribution in [1.82, 2.24) is 25.1 Å². The summed E-state index contributed by atoms with van der Waals surface area (Å²) in [6.45, 7) is 4.33. The summed E-state index contributed by atoms with van der Waals surface area (Å²) >= 11 is 0. The number of carbonyl (C=O) groups excluding carboxylic acids is 1. The van der Waals surface area contributed by atoms with Gasteiger partial charge in [-0.2, -0.15) is 13.2 Å². The predicted octanol–water partition coefficient (Wildman–Crippen LogP) is 2.04. The highest BCUT2D eigenvalue weighted by Gasteiger charge is 2.50. The highest BCUT2D eigenvalue weighted by Crippen LogP contribution is 2.39. The molecular weight excluding hydrogens is 409 g/mol. The Hall–Kier alpha value is -1.94. The molecule has 31 heavy (non-hydrogen) atoms. The highest BCUT2D eigenvalue weighted by molar-refractivity contribution is 5.80. The Kier molecular flexibility index (Phi) is 6.39. The van der Waals surface area contributed by atoms with Crippen molar-refractivity contribution in [3.05, 3.63) is 17.5 Å². The maximum absolute atomic E-state index is 13.7. The van der Waals surface area contributed by atoms with Crippen molar-refractivity contribution < 1.29 is 18.0 Å². The molecule has 0 aromatic carbocycles. The molecule has 0 bridgehead atoms. The van der Waals surface area contributed by atoms with E-state index in [9.17, 15) is 18.0 Å². The summed E-state index contributed by atoms with van der Waals surface area (Å²) in [6.07, 6.45) is 0.284. The molecule has 1 amide bonds. The van der Waals surface area contributed by atoms with Crippen molar-refractivity contribution >= 4 is 11.9 Å². The van der Waals surface area contributed by atoms with E-state index in [0.29, 0.717) is 18.9 Å². The molecule has 3 aliphatic heterocycles. The van der Waals surface area contributed by atoms with Crippen LogP contribution < -0.4 is 10.6 Å². The maximum Gasteiger partial charge on any atom is 0.393 e. The van der Waals surface area contributed by atoms with Gasteiger partial charge in [-0.1, -0.05) is 0 Å². The van der Waals surface area contributed by atoms with Crippen molar-refractivity contribution in [2.75, 3.05) is 38.5 Å². The Morgan fingerprint density at radius 3 is 2.84 bits per heavy atom. The summed E-state index contributed by atoms with van der Waals surface area (Å²) in [5.41, 5.74) is 1.68. The highest BCUT2D eigenvalue weighted by atomic mass is 19.4. The Bertz CT molecular complexity index is 798. The minimum absolute atomic E-state index is 0.135. The number of likely N-dealkylation sites (tertiary alicyclic amines) is 1. The normalized spacial score (nSPS) is 30.0. The summed E-state index contributed by atoms with van der Waals surface area (Å²) in [4.78, 5) is 25.6. The first-order chi connectivity index (χ1) is 14.7. The van der Waals surface area contributed by atoms with Crippen LogP contribution in [0, 0.1) is 11.8 Å². The van der Waals surface area contributed by atoms with Crippen LogP contribution in [-0.2, 0) is 17.8 Å². The van der Waals surface area contributed by atoms with Crippen LogP contribution in [-0.4, -0.2) is 77.2 Å². The van der Waals surface area contributed by atoms with E-state index in [1.165, 1.54) is 0 Å². The summed E-state index contributed by atoms with van der Waals surface area (Å²) in [5, 5.41) is 6.67. The molecule has 2 saturated heterocycles. The SMILES string of the molecule is C[C@@H]1Cc2cnc(N[C@H]3CCCNC3)nc2CN1C(=O)[C@H]1CCN(C)C[C@@H]1C(F)(F)F. The molecule has 10 heteroatoms. The molecule has 0 spiro atoms. The second-order valence-electron chi connectivity index (χ2n) is 9.18. The standard InChI is InChI=1S/C21H31F3N6O/c1-13-8-14-9-26-20(27-15-4-3-6-25-10-15)28-18(14)12-30(13)19(31)16-5-7-29(2)11-17(16)21(22,23)24/h9,13,15-17,25H,3-8,10-12H2,1-2H3,(H,26,27,28)/t13-,15+,16+,17+/m1/s1. The number of aromatic nitrogens is 2. The van der Waals surface area contributed by atoms with Crippen LogP contribution in [0.1, 0.15) is 37.4 Å². The molecule has 1 aromatic heterocycles. The summed E-state index contributed by atoms with van der Waals surface area (Å²) < 4.78 is 41.0. The Balaban J connectivity index is 1.50. The molecule has 3 aliphatic rings. The lowest BCUT2D eigenvalue weighted by Crippen LogP contribution is -2.54. The average Bonchev–Trinajstić information content (AvgIpc) is 2.73. The van der Waals surface area contributed by atoms with Gasteiger partial charge in [-0.3, -0.25) is 4.79 Å². The van der Waals surface area contributed by atoms with Crippen LogP contribution in [0.15, 0.2) is 6.20 Å². The molecule has 4 heterocycles. The quantitative estimate of drug-likeness (QED) is 0.750. The van der Waals surface area contributed by atoms with Gasteiger partial charge in [0.05, 0.1) is 24.1 Å². The molecule has 2 N–H and O–H groups in total. The van der Waals surface area contributed by atoms with Gasteiger partial charge in [-0.25, -0.2) is 9.97 Å². The lowest BCUT2D eigenvalue weighted by atomic mass is 9.83. The number of alkyl halides is 3. The molecule has 4 atom stereocenters. The van der Waals surface area contributed by atoms with Gasteiger partial charge in [0.15, 0.2) is 0 Å². The molecule has 1 aromatic rings. The zero-order valence-corrected chi connectivity index (χ0v) is 18.1. The monoisotopic (exact) mass is 440 g/mol. The molecule has 2 fully saturated rings. The van der Waals surface area contributed by atoms with E-state index >= 15 is 0 Å².